The van der Waals surface area contributed by atoms with Crippen molar-refractivity contribution in [2.24, 2.45) is 4.99 Å². The molecule has 0 aliphatic carbocycles. The standard InChI is InChI=1S/C68H94N17O29P5S5/c1-16-95-23-17-24-96-115(120,97-25-18-69-7)113-54-50(109-63(56(54)93-14)83-33-43(5)60(87)79-67(83)91)38-105-119(124,101-29-22-73-11)114-55-49(108-64(57(55)94-15)84-34-44(6)61(88)80-68(84)92)37-104-118(123,100-28-21-72-10)111-45-30-51(82-32-42(4)59(86)78-66(82)90)106-47(45)36-103-117(122,99-27-20-71-9)112-46-31-52(107-48(46)35-102-116(121,110-41(2)3)98-26-19-70-8)85-40-74-53-58(85)76-65(77-62(53)89)75-39-81(12)13/h32-34,39-41,45-52,54-57,63-64H,16-31,35-38H2,1-6,12-15H3,(H,76,77,89)(H,78,86,90)(H,79,87,91)(H,80,88,92)/t45-,46-,47-,48-,49-,50-,51-,52-,54+,55+,56?,57?,63-,64-,115?,116?,117?,118?,119?/m1/s1. The maximum atomic E-state index is 14.0. The summed E-state index contributed by atoms with van der Waals surface area (Å²) in [5, 5.41) is 0. The van der Waals surface area contributed by atoms with Gasteiger partial charge in [0.15, 0.2) is 68.9 Å². The number of methoxy groups -OCH3 is 2. The Bertz CT molecular complexity index is 5110. The first-order valence-electron chi connectivity index (χ1n) is 38.0. The van der Waals surface area contributed by atoms with Crippen molar-refractivity contribution in [1.29, 1.82) is 0 Å². The lowest BCUT2D eigenvalue weighted by atomic mass is 10.1. The minimum atomic E-state index is -4.50. The molecule has 7 unspecified atom stereocenters. The summed E-state index contributed by atoms with van der Waals surface area (Å²) in [5.41, 5.74) is -5.41. The van der Waals surface area contributed by atoms with Crippen LogP contribution in [0.2, 0.25) is 0 Å². The number of imidazole rings is 1. The fourth-order valence-corrected chi connectivity index (χ4v) is 23.1. The molecular formula is C68H94N17O29P5S5. The molecule has 19 atom stereocenters. The number of fused-ring (bicyclic) bond motifs is 1. The second-order valence-electron chi connectivity index (χ2n) is 27.6. The highest BCUT2D eigenvalue weighted by Crippen LogP contribution is 2.68. The van der Waals surface area contributed by atoms with Crippen LogP contribution in [0.3, 0.4) is 0 Å². The van der Waals surface area contributed by atoms with Gasteiger partial charge in [-0.1, -0.05) is 0 Å². The van der Waals surface area contributed by atoms with Gasteiger partial charge in [-0.2, -0.15) is 72.8 Å². The minimum absolute atomic E-state index is 0.0378. The van der Waals surface area contributed by atoms with E-state index in [1.807, 2.05) is 6.92 Å². The van der Waals surface area contributed by atoms with Gasteiger partial charge in [0.25, 0.3) is 58.0 Å². The second kappa shape index (κ2) is 47.8. The number of hydrogen-bond donors (Lipinski definition) is 4. The van der Waals surface area contributed by atoms with E-state index in [9.17, 15) is 33.6 Å². The van der Waals surface area contributed by atoms with E-state index in [4.69, 9.17) is 195 Å². The van der Waals surface area contributed by atoms with Crippen molar-refractivity contribution in [1.82, 2.24) is 53.1 Å². The van der Waals surface area contributed by atoms with E-state index in [-0.39, 0.29) is 112 Å². The summed E-state index contributed by atoms with van der Waals surface area (Å²) in [4.78, 5) is 135. The molecule has 0 aromatic carbocycles. The maximum Gasteiger partial charge on any atom is 0.330 e. The Morgan fingerprint density at radius 3 is 1.30 bits per heavy atom. The van der Waals surface area contributed by atoms with Gasteiger partial charge in [-0.15, -0.1) is 0 Å². The lowest BCUT2D eigenvalue weighted by molar-refractivity contribution is -0.0655. The highest BCUT2D eigenvalue weighted by Gasteiger charge is 2.58. The molecule has 4 N–H and O–H groups in total. The zero-order chi connectivity index (χ0) is 90.3. The summed E-state index contributed by atoms with van der Waals surface area (Å²) >= 11 is 30.6. The quantitative estimate of drug-likeness (QED) is 0.00919. The molecule has 9 rings (SSSR count). The maximum absolute atomic E-state index is 14.0. The van der Waals surface area contributed by atoms with Gasteiger partial charge in [0.2, 0.25) is 38.7 Å². The normalized spacial score (nSPS) is 25.1. The Morgan fingerprint density at radius 1 is 0.508 bits per heavy atom. The van der Waals surface area contributed by atoms with Crippen LogP contribution in [0.15, 0.2) is 63.5 Å². The van der Waals surface area contributed by atoms with Crippen LogP contribution in [-0.2, 0) is 162 Å². The van der Waals surface area contributed by atoms with Gasteiger partial charge in [-0.25, -0.2) is 57.2 Å². The molecule has 4 aliphatic rings. The molecule has 4 fully saturated rings. The summed E-state index contributed by atoms with van der Waals surface area (Å²) in [6.45, 7) is 42.8. The SMILES string of the molecule is [C-]#[N+]CCO[P+]([S-])(OC[C@H]1O[C@@H](n2cnc3c(=O)[nH]c(N=CN(C)C)nc32)C[C@H]1O[P+]([S-])(OCC[N+]#[C-])OC[C@H]1O[C@@H](n2cc(C)c(=O)[nH]c2=O)C[C@H]1O[P+]([S-])(OCC[N+]#[C-])OC[C@H]1O[C@@H](n2cc(C)c(=O)[nH]c2=O)C(OC)[C@H]1O[P+]([S-])(OCC[N+]#[C-])OC[C@H]1O[C@@H](n2cc(C)c(=O)[nH]c2=O)C(OC)[C@H]1O[P+]([S-])(OCCCOCC)OCC[N+]#[C-])OC(C)C. The molecule has 0 radical (unpaired) electrons. The largest absolute Gasteiger partial charge is 0.459 e. The smallest absolute Gasteiger partial charge is 0.330 e. The number of aromatic amines is 4. The van der Waals surface area contributed by atoms with E-state index in [0.717, 1.165) is 13.7 Å². The van der Waals surface area contributed by atoms with Crippen LogP contribution in [0.25, 0.3) is 35.4 Å². The Balaban J connectivity index is 1.07. The van der Waals surface area contributed by atoms with Crippen molar-refractivity contribution < 1.29 is 101 Å². The molecule has 124 heavy (non-hydrogen) atoms. The summed E-state index contributed by atoms with van der Waals surface area (Å²) in [5.74, 6) is -0.0713. The third-order valence-corrected chi connectivity index (χ3v) is 30.1. The average Bonchev–Trinajstić information content (AvgIpc) is 1.63. The van der Waals surface area contributed by atoms with Crippen molar-refractivity contribution in [3.05, 3.63) is 172 Å². The third kappa shape index (κ3) is 27.9. The Kier molecular flexibility index (Phi) is 39.3. The summed E-state index contributed by atoms with van der Waals surface area (Å²) < 4.78 is 145. The number of nitrogens with zero attached hydrogens (tertiary/aromatic N) is 13. The number of aromatic nitrogens is 10. The van der Waals surface area contributed by atoms with Crippen LogP contribution in [0, 0.1) is 53.6 Å². The number of aliphatic imine (C=N–C) groups is 1. The molecule has 0 amide bonds. The van der Waals surface area contributed by atoms with Crippen LogP contribution in [0.5, 0.6) is 0 Å². The molecule has 5 aromatic heterocycles. The molecule has 680 valence electrons. The highest BCUT2D eigenvalue weighted by atomic mass is 32.7. The molecule has 4 saturated heterocycles. The van der Waals surface area contributed by atoms with Crippen molar-refractivity contribution in [3.8, 4) is 0 Å². The Hall–Kier alpha value is -5.67. The second-order valence-corrected chi connectivity index (χ2v) is 42.4. The Labute approximate surface area is 739 Å². The predicted molar refractivity (Wildman–Crippen MR) is 460 cm³/mol. The summed E-state index contributed by atoms with van der Waals surface area (Å²) in [6, 6.07) is 0. The summed E-state index contributed by atoms with van der Waals surface area (Å²) in [7, 11) is -15.0. The highest BCUT2D eigenvalue weighted by molar-refractivity contribution is 8.37. The first-order valence-corrected chi connectivity index (χ1v) is 50.8. The lowest BCUT2D eigenvalue weighted by Gasteiger charge is -2.34. The molecule has 46 nitrogen and oxygen atoms in total. The molecule has 0 saturated carbocycles. The third-order valence-electron chi connectivity index (χ3n) is 18.0. The van der Waals surface area contributed by atoms with E-state index in [1.54, 1.807) is 32.8 Å². The lowest BCUT2D eigenvalue weighted by Crippen LogP contribution is -2.41. The van der Waals surface area contributed by atoms with Gasteiger partial charge in [-0.3, -0.25) is 57.4 Å². The van der Waals surface area contributed by atoms with Gasteiger partial charge in [-0.05, 0) is 48.0 Å². The van der Waals surface area contributed by atoms with Crippen LogP contribution in [0.4, 0.5) is 5.95 Å². The van der Waals surface area contributed by atoms with Gasteiger partial charge < -0.3 is 124 Å². The molecule has 0 spiro atoms. The van der Waals surface area contributed by atoms with Crippen molar-refractivity contribution in [3.63, 3.8) is 0 Å². The number of hydrogen-bond acceptors (Lipinski definition) is 37. The number of rotatable bonds is 51. The number of aryl methyl sites for hydroxylation is 3. The van der Waals surface area contributed by atoms with Gasteiger partial charge in [0, 0.05) is 89.7 Å². The number of ether oxygens (including phenoxy) is 7. The Morgan fingerprint density at radius 2 is 0.887 bits per heavy atom. The molecule has 56 heteroatoms. The van der Waals surface area contributed by atoms with Crippen LogP contribution in [0.1, 0.15) is 81.6 Å². The fourth-order valence-electron chi connectivity index (χ4n) is 12.4. The predicted octanol–water partition coefficient (Wildman–Crippen LogP) is 5.59. The molecule has 4 aliphatic heterocycles. The fraction of sp³-hybridized carbons (Fsp3) is 0.662. The van der Waals surface area contributed by atoms with Gasteiger partial charge in [0.1, 0.15) is 93.8 Å². The summed E-state index contributed by atoms with van der Waals surface area (Å²) in [6.07, 6.45) is -13.6. The van der Waals surface area contributed by atoms with Crippen molar-refractivity contribution in [2.45, 2.75) is 153 Å². The number of nitrogens with one attached hydrogen (secondary N) is 4. The first-order chi connectivity index (χ1) is 59.1. The van der Waals surface area contributed by atoms with Gasteiger partial charge in [0.05, 0.1) is 19.3 Å². The van der Waals surface area contributed by atoms with E-state index < -0.39 is 207 Å². The number of H-pyrrole nitrogens is 4. The van der Waals surface area contributed by atoms with Crippen molar-refractivity contribution in [2.75, 3.05) is 140 Å². The van der Waals surface area contributed by atoms with Crippen LogP contribution >= 0.6 is 35.7 Å². The topological polar surface area (TPSA) is 469 Å². The molecule has 5 aromatic rings. The monoisotopic (exact) mass is 1930 g/mol. The van der Waals surface area contributed by atoms with Crippen LogP contribution < -0.4 is 39.3 Å². The van der Waals surface area contributed by atoms with Crippen LogP contribution in [-0.4, -0.2) is 267 Å². The van der Waals surface area contributed by atoms with Gasteiger partial charge >= 0.3 is 17.1 Å². The minimum Gasteiger partial charge on any atom is -0.459 e. The molecule has 9 heterocycles. The average molecular weight is 1930 g/mol. The first kappa shape index (κ1) is 102. The van der Waals surface area contributed by atoms with E-state index in [2.05, 4.69) is 59.1 Å². The van der Waals surface area contributed by atoms with Crippen molar-refractivity contribution >= 4 is 120 Å². The van der Waals surface area contributed by atoms with E-state index >= 15 is 0 Å². The zero-order valence-electron chi connectivity index (χ0n) is 68.6. The zero-order valence-corrected chi connectivity index (χ0v) is 77.2. The molecular weight excluding hydrogens is 1830 g/mol. The van der Waals surface area contributed by atoms with E-state index in [0.29, 0.717) is 13.0 Å². The molecule has 0 bridgehead atoms. The van der Waals surface area contributed by atoms with E-state index in [1.165, 1.54) is 70.8 Å².